The van der Waals surface area contributed by atoms with Crippen molar-refractivity contribution in [2.75, 3.05) is 6.54 Å². The summed E-state index contributed by atoms with van der Waals surface area (Å²) in [7, 11) is 0. The van der Waals surface area contributed by atoms with Crippen molar-refractivity contribution in [3.05, 3.63) is 36.0 Å². The molecule has 0 spiro atoms. The van der Waals surface area contributed by atoms with Crippen LogP contribution in [0.4, 0.5) is 0 Å². The average Bonchev–Trinajstić information content (AvgIpc) is 3.53. The molecule has 1 aromatic carbocycles. The molecule has 2 aromatic rings. The SMILES string of the molecule is CCC(C)C(NC(=O)C(N)C(C)O)C(=O)NC(Cc1c[nH]c2ccccc12)C(=O)N1CCCC1C(=O)O. The van der Waals surface area contributed by atoms with Gasteiger partial charge in [-0.25, -0.2) is 4.79 Å². The van der Waals surface area contributed by atoms with Crippen molar-refractivity contribution in [2.45, 2.75) is 76.7 Å². The maximum absolute atomic E-state index is 13.6. The van der Waals surface area contributed by atoms with Crippen molar-refractivity contribution in [1.82, 2.24) is 20.5 Å². The number of benzene rings is 1. The summed E-state index contributed by atoms with van der Waals surface area (Å²) in [4.78, 5) is 55.9. The number of aromatic nitrogens is 1. The number of carbonyl (C=O) groups is 4. The Morgan fingerprint density at radius 2 is 1.86 bits per heavy atom. The van der Waals surface area contributed by atoms with Gasteiger partial charge in [0.15, 0.2) is 0 Å². The molecular formula is C26H37N5O6. The van der Waals surface area contributed by atoms with Crippen molar-refractivity contribution >= 4 is 34.6 Å². The lowest BCUT2D eigenvalue weighted by molar-refractivity contribution is -0.149. The number of nitrogens with zero attached hydrogens (tertiary/aromatic N) is 1. The number of aromatic amines is 1. The van der Waals surface area contributed by atoms with Crippen LogP contribution in [0.5, 0.6) is 0 Å². The Kier molecular flexibility index (Phi) is 9.28. The van der Waals surface area contributed by atoms with E-state index in [1.165, 1.54) is 11.8 Å². The quantitative estimate of drug-likeness (QED) is 0.252. The van der Waals surface area contributed by atoms with Crippen molar-refractivity contribution in [1.29, 1.82) is 0 Å². The third-order valence-corrected chi connectivity index (χ3v) is 7.15. The minimum Gasteiger partial charge on any atom is -0.480 e. The van der Waals surface area contributed by atoms with Crippen LogP contribution in [0, 0.1) is 5.92 Å². The van der Waals surface area contributed by atoms with Gasteiger partial charge in [0.2, 0.25) is 17.7 Å². The molecule has 3 rings (SSSR count). The molecule has 6 atom stereocenters. The Morgan fingerprint density at radius 1 is 1.16 bits per heavy atom. The highest BCUT2D eigenvalue weighted by atomic mass is 16.4. The van der Waals surface area contributed by atoms with Gasteiger partial charge in [0.25, 0.3) is 0 Å². The first-order valence-corrected chi connectivity index (χ1v) is 12.7. The number of aliphatic hydroxyl groups excluding tert-OH is 1. The van der Waals surface area contributed by atoms with Gasteiger partial charge in [0, 0.05) is 30.1 Å². The molecule has 0 bridgehead atoms. The lowest BCUT2D eigenvalue weighted by atomic mass is 9.96. The number of carboxylic acid groups (broad SMARTS) is 1. The normalized spacial score (nSPS) is 19.6. The van der Waals surface area contributed by atoms with E-state index in [1.54, 1.807) is 13.1 Å². The van der Waals surface area contributed by atoms with E-state index < -0.39 is 54.0 Å². The number of hydrogen-bond acceptors (Lipinski definition) is 6. The smallest absolute Gasteiger partial charge is 0.326 e. The molecule has 0 radical (unpaired) electrons. The Morgan fingerprint density at radius 3 is 2.51 bits per heavy atom. The van der Waals surface area contributed by atoms with E-state index in [4.69, 9.17) is 5.73 Å². The summed E-state index contributed by atoms with van der Waals surface area (Å²) in [6.07, 6.45) is 2.24. The van der Waals surface area contributed by atoms with Crippen LogP contribution in [0.25, 0.3) is 10.9 Å². The lowest BCUT2D eigenvalue weighted by Gasteiger charge is -2.30. The van der Waals surface area contributed by atoms with Crippen molar-refractivity contribution < 1.29 is 29.4 Å². The van der Waals surface area contributed by atoms with Crippen LogP contribution >= 0.6 is 0 Å². The van der Waals surface area contributed by atoms with E-state index >= 15 is 0 Å². The van der Waals surface area contributed by atoms with Crippen LogP contribution in [-0.4, -0.2) is 80.6 Å². The highest BCUT2D eigenvalue weighted by molar-refractivity contribution is 5.95. The van der Waals surface area contributed by atoms with Gasteiger partial charge in [-0.3, -0.25) is 14.4 Å². The van der Waals surface area contributed by atoms with Gasteiger partial charge in [0.05, 0.1) is 6.10 Å². The first kappa shape index (κ1) is 28.1. The molecule has 11 heteroatoms. The van der Waals surface area contributed by atoms with Crippen molar-refractivity contribution in [3.63, 3.8) is 0 Å². The molecule has 3 amide bonds. The van der Waals surface area contributed by atoms with Crippen LogP contribution in [0.15, 0.2) is 30.5 Å². The second kappa shape index (κ2) is 12.2. The maximum Gasteiger partial charge on any atom is 0.326 e. The molecule has 2 heterocycles. The van der Waals surface area contributed by atoms with Gasteiger partial charge in [-0.2, -0.15) is 0 Å². The number of fused-ring (bicyclic) bond motifs is 1. The first-order chi connectivity index (χ1) is 17.5. The number of rotatable bonds is 11. The minimum absolute atomic E-state index is 0.131. The van der Waals surface area contributed by atoms with Crippen LogP contribution in [0.3, 0.4) is 0 Å². The molecule has 6 unspecified atom stereocenters. The van der Waals surface area contributed by atoms with Gasteiger partial charge < -0.3 is 36.5 Å². The molecule has 1 saturated heterocycles. The first-order valence-electron chi connectivity index (χ1n) is 12.7. The molecule has 1 aromatic heterocycles. The standard InChI is InChI=1S/C26H37N5O6/c1-4-14(2)22(30-23(33)21(27)15(3)32)24(34)29-19(25(35)31-11-7-10-20(31)26(36)37)12-16-13-28-18-9-6-5-8-17(16)18/h5-6,8-9,13-15,19-22,28,32H,4,7,10-12,27H2,1-3H3,(H,29,34)(H,30,33)(H,36,37). The summed E-state index contributed by atoms with van der Waals surface area (Å²) in [5.74, 6) is -3.13. The summed E-state index contributed by atoms with van der Waals surface area (Å²) in [6.45, 7) is 5.32. The predicted octanol–water partition coefficient (Wildman–Crippen LogP) is 0.510. The molecule has 1 aliphatic rings. The van der Waals surface area contributed by atoms with E-state index in [1.807, 2.05) is 31.2 Å². The summed E-state index contributed by atoms with van der Waals surface area (Å²) < 4.78 is 0. The summed E-state index contributed by atoms with van der Waals surface area (Å²) in [6, 6.07) is 3.32. The van der Waals surface area contributed by atoms with E-state index in [9.17, 15) is 29.4 Å². The monoisotopic (exact) mass is 515 g/mol. The maximum atomic E-state index is 13.6. The number of hydrogen-bond donors (Lipinski definition) is 6. The zero-order chi connectivity index (χ0) is 27.3. The summed E-state index contributed by atoms with van der Waals surface area (Å²) in [5, 5.41) is 25.6. The number of H-pyrrole nitrogens is 1. The molecule has 1 aliphatic heterocycles. The van der Waals surface area contributed by atoms with Crippen molar-refractivity contribution in [2.24, 2.45) is 11.7 Å². The van der Waals surface area contributed by atoms with Crippen LogP contribution < -0.4 is 16.4 Å². The number of nitrogens with one attached hydrogen (secondary N) is 3. The molecule has 37 heavy (non-hydrogen) atoms. The highest BCUT2D eigenvalue weighted by Crippen LogP contribution is 2.23. The molecule has 11 nitrogen and oxygen atoms in total. The second-order valence-corrected chi connectivity index (χ2v) is 9.79. The average molecular weight is 516 g/mol. The number of aliphatic carboxylic acids is 1. The number of carbonyl (C=O) groups excluding carboxylic acids is 3. The fourth-order valence-corrected chi connectivity index (χ4v) is 4.64. The Hall–Kier alpha value is -3.44. The number of likely N-dealkylation sites (tertiary alicyclic amines) is 1. The summed E-state index contributed by atoms with van der Waals surface area (Å²) >= 11 is 0. The molecular weight excluding hydrogens is 478 g/mol. The molecule has 1 fully saturated rings. The third-order valence-electron chi connectivity index (χ3n) is 7.15. The molecule has 0 saturated carbocycles. The van der Waals surface area contributed by atoms with Gasteiger partial charge in [0.1, 0.15) is 24.2 Å². The molecule has 0 aliphatic carbocycles. The van der Waals surface area contributed by atoms with E-state index in [0.29, 0.717) is 19.3 Å². The number of nitrogens with two attached hydrogens (primary N) is 1. The van der Waals surface area contributed by atoms with Gasteiger partial charge in [-0.15, -0.1) is 0 Å². The number of para-hydroxylation sites is 1. The van der Waals surface area contributed by atoms with E-state index in [0.717, 1.165) is 16.5 Å². The Bertz CT molecular complexity index is 1130. The van der Waals surface area contributed by atoms with Crippen LogP contribution in [0.1, 0.15) is 45.6 Å². The Labute approximate surface area is 215 Å². The molecule has 202 valence electrons. The zero-order valence-corrected chi connectivity index (χ0v) is 21.4. The largest absolute Gasteiger partial charge is 0.480 e. The minimum atomic E-state index is -1.22. The topological polar surface area (TPSA) is 178 Å². The number of aliphatic hydroxyl groups is 1. The van der Waals surface area contributed by atoms with Crippen LogP contribution in [-0.2, 0) is 25.6 Å². The van der Waals surface area contributed by atoms with Gasteiger partial charge in [-0.05, 0) is 37.3 Å². The van der Waals surface area contributed by atoms with Gasteiger partial charge >= 0.3 is 5.97 Å². The fraction of sp³-hybridized carbons (Fsp3) is 0.538. The summed E-state index contributed by atoms with van der Waals surface area (Å²) in [5.41, 5.74) is 7.42. The van der Waals surface area contributed by atoms with Crippen molar-refractivity contribution in [3.8, 4) is 0 Å². The fourth-order valence-electron chi connectivity index (χ4n) is 4.64. The predicted molar refractivity (Wildman–Crippen MR) is 137 cm³/mol. The molecule has 7 N–H and O–H groups in total. The third kappa shape index (κ3) is 6.47. The second-order valence-electron chi connectivity index (χ2n) is 9.79. The highest BCUT2D eigenvalue weighted by Gasteiger charge is 2.39. The Balaban J connectivity index is 1.89. The van der Waals surface area contributed by atoms with Crippen LogP contribution in [0.2, 0.25) is 0 Å². The lowest BCUT2D eigenvalue weighted by Crippen LogP contribution is -2.60. The number of amides is 3. The number of carboxylic acids is 1. The van der Waals surface area contributed by atoms with E-state index in [-0.39, 0.29) is 18.9 Å². The van der Waals surface area contributed by atoms with E-state index in [2.05, 4.69) is 15.6 Å². The zero-order valence-electron chi connectivity index (χ0n) is 21.4. The van der Waals surface area contributed by atoms with Gasteiger partial charge in [-0.1, -0.05) is 38.5 Å².